The maximum Gasteiger partial charge on any atom is 0.168 e. The lowest BCUT2D eigenvalue weighted by molar-refractivity contribution is 0.0858. The summed E-state index contributed by atoms with van der Waals surface area (Å²) in [4.78, 5) is 15.1. The molecule has 0 atom stereocenters. The van der Waals surface area contributed by atoms with Gasteiger partial charge < -0.3 is 4.90 Å². The first-order valence-electron chi connectivity index (χ1n) is 9.17. The molecule has 0 unspecified atom stereocenters. The molecular formula is C21H33NOS. The second-order valence-corrected chi connectivity index (χ2v) is 10.4. The van der Waals surface area contributed by atoms with Crippen LogP contribution in [0.5, 0.6) is 0 Å². The van der Waals surface area contributed by atoms with E-state index < -0.39 is 0 Å². The Morgan fingerprint density at radius 1 is 1.12 bits per heavy atom. The fourth-order valence-corrected chi connectivity index (χ4v) is 4.43. The Labute approximate surface area is 152 Å². The van der Waals surface area contributed by atoms with Gasteiger partial charge in [0.2, 0.25) is 0 Å². The predicted octanol–water partition coefficient (Wildman–Crippen LogP) is 5.07. The van der Waals surface area contributed by atoms with Gasteiger partial charge in [0.05, 0.1) is 0 Å². The molecule has 24 heavy (non-hydrogen) atoms. The Bertz CT molecular complexity index is 553. The van der Waals surface area contributed by atoms with Crippen molar-refractivity contribution in [1.82, 2.24) is 4.90 Å². The molecule has 1 fully saturated rings. The van der Waals surface area contributed by atoms with E-state index in [1.54, 1.807) is 0 Å². The van der Waals surface area contributed by atoms with Crippen LogP contribution in [0.2, 0.25) is 0 Å². The Morgan fingerprint density at radius 3 is 2.42 bits per heavy atom. The third-order valence-electron chi connectivity index (χ3n) is 4.60. The lowest BCUT2D eigenvalue weighted by Crippen LogP contribution is -2.26. The monoisotopic (exact) mass is 347 g/mol. The summed E-state index contributed by atoms with van der Waals surface area (Å²) in [6, 6.07) is 8.22. The molecule has 1 aliphatic heterocycles. The van der Waals surface area contributed by atoms with Gasteiger partial charge in [-0.3, -0.25) is 4.79 Å². The smallest absolute Gasteiger partial charge is 0.168 e. The van der Waals surface area contributed by atoms with E-state index in [1.807, 2.05) is 32.9 Å². The van der Waals surface area contributed by atoms with Gasteiger partial charge in [0.1, 0.15) is 0 Å². The van der Waals surface area contributed by atoms with Crippen molar-refractivity contribution < 1.29 is 4.79 Å². The zero-order valence-corrected chi connectivity index (χ0v) is 16.8. The molecule has 1 aromatic carbocycles. The molecule has 1 aliphatic rings. The van der Waals surface area contributed by atoms with E-state index in [0.29, 0.717) is 0 Å². The third kappa shape index (κ3) is 5.93. The van der Waals surface area contributed by atoms with Crippen LogP contribution in [0, 0.1) is 5.41 Å². The topological polar surface area (TPSA) is 20.3 Å². The van der Waals surface area contributed by atoms with Crippen LogP contribution in [0.15, 0.2) is 24.3 Å². The molecule has 2 nitrogen and oxygen atoms in total. The second kappa shape index (κ2) is 8.05. The van der Waals surface area contributed by atoms with Crippen LogP contribution in [0.1, 0.15) is 63.4 Å². The number of nitrogens with zero attached hydrogens (tertiary/aromatic N) is 1. The fraction of sp³-hybridized carbons (Fsp3) is 0.667. The van der Waals surface area contributed by atoms with Gasteiger partial charge in [0.15, 0.2) is 5.78 Å². The van der Waals surface area contributed by atoms with Crippen molar-refractivity contribution in [2.45, 2.75) is 58.6 Å². The highest BCUT2D eigenvalue weighted by atomic mass is 32.2. The van der Waals surface area contributed by atoms with E-state index >= 15 is 0 Å². The van der Waals surface area contributed by atoms with Crippen molar-refractivity contribution in [1.29, 1.82) is 0 Å². The van der Waals surface area contributed by atoms with Gasteiger partial charge in [-0.25, -0.2) is 0 Å². The van der Waals surface area contributed by atoms with E-state index in [9.17, 15) is 4.79 Å². The Balaban J connectivity index is 1.92. The second-order valence-electron chi connectivity index (χ2n) is 8.61. The number of hydrogen-bond acceptors (Lipinski definition) is 3. The minimum Gasteiger partial charge on any atom is -0.303 e. The summed E-state index contributed by atoms with van der Waals surface area (Å²) in [6.07, 6.45) is 3.73. The summed E-state index contributed by atoms with van der Waals surface area (Å²) in [5, 5.41) is 0. The number of rotatable bonds is 7. The van der Waals surface area contributed by atoms with Crippen LogP contribution in [-0.4, -0.2) is 40.8 Å². The molecule has 0 aliphatic carbocycles. The van der Waals surface area contributed by atoms with Crippen molar-refractivity contribution in [3.63, 3.8) is 0 Å². The lowest BCUT2D eigenvalue weighted by Gasteiger charge is -2.26. The average Bonchev–Trinajstić information content (AvgIpc) is 2.98. The van der Waals surface area contributed by atoms with Crippen molar-refractivity contribution in [3.8, 4) is 0 Å². The summed E-state index contributed by atoms with van der Waals surface area (Å²) in [5.74, 6) is 1.41. The van der Waals surface area contributed by atoms with Crippen LogP contribution < -0.4 is 0 Å². The van der Waals surface area contributed by atoms with Gasteiger partial charge >= 0.3 is 0 Å². The average molecular weight is 348 g/mol. The van der Waals surface area contributed by atoms with Crippen LogP contribution in [0.3, 0.4) is 0 Å². The van der Waals surface area contributed by atoms with E-state index in [-0.39, 0.29) is 15.9 Å². The molecule has 0 amide bonds. The molecule has 0 aromatic heterocycles. The molecule has 0 radical (unpaired) electrons. The molecule has 0 saturated carbocycles. The molecular weight excluding hydrogens is 314 g/mol. The molecule has 0 spiro atoms. The molecule has 0 bridgehead atoms. The Kier molecular flexibility index (Phi) is 6.55. The van der Waals surface area contributed by atoms with Crippen LogP contribution in [-0.2, 0) is 6.42 Å². The number of thioether (sulfide) groups is 1. The van der Waals surface area contributed by atoms with Crippen LogP contribution in [0.4, 0.5) is 0 Å². The van der Waals surface area contributed by atoms with Crippen molar-refractivity contribution in [3.05, 3.63) is 35.4 Å². The van der Waals surface area contributed by atoms with Gasteiger partial charge in [0.25, 0.3) is 0 Å². The van der Waals surface area contributed by atoms with Crippen molar-refractivity contribution in [2.75, 3.05) is 25.4 Å². The number of hydrogen-bond donors (Lipinski definition) is 0. The number of carbonyl (C=O) groups is 1. The quantitative estimate of drug-likeness (QED) is 0.643. The summed E-state index contributed by atoms with van der Waals surface area (Å²) < 4.78 is 0.198. The highest BCUT2D eigenvalue weighted by Crippen LogP contribution is 2.30. The first-order valence-corrected chi connectivity index (χ1v) is 10.2. The standard InChI is InChI=1S/C21H33NOS/c1-20(2,3)19(23)18-10-8-9-17(15-18)16-21(4,5)24-14-13-22-11-6-7-12-22/h8-10,15H,6-7,11-14,16H2,1-5H3. The normalized spacial score (nSPS) is 16.5. The van der Waals surface area contributed by atoms with E-state index in [1.165, 1.54) is 43.8 Å². The first-order chi connectivity index (χ1) is 11.2. The van der Waals surface area contributed by atoms with Gasteiger partial charge in [-0.1, -0.05) is 52.8 Å². The van der Waals surface area contributed by atoms with E-state index in [4.69, 9.17) is 0 Å². The summed E-state index contributed by atoms with van der Waals surface area (Å²) >= 11 is 2.05. The molecule has 134 valence electrons. The minimum absolute atomic E-state index is 0.198. The molecule has 2 rings (SSSR count). The molecule has 0 N–H and O–H groups in total. The summed E-state index contributed by atoms with van der Waals surface area (Å²) in [6.45, 7) is 14.4. The minimum atomic E-state index is -0.321. The van der Waals surface area contributed by atoms with Crippen LogP contribution in [0.25, 0.3) is 0 Å². The zero-order valence-electron chi connectivity index (χ0n) is 16.0. The number of ketones is 1. The lowest BCUT2D eigenvalue weighted by atomic mass is 9.85. The third-order valence-corrected chi connectivity index (χ3v) is 5.91. The van der Waals surface area contributed by atoms with Crippen molar-refractivity contribution in [2.24, 2.45) is 5.41 Å². The van der Waals surface area contributed by atoms with E-state index in [2.05, 4.69) is 42.6 Å². The number of likely N-dealkylation sites (tertiary alicyclic amines) is 1. The highest BCUT2D eigenvalue weighted by molar-refractivity contribution is 8.00. The van der Waals surface area contributed by atoms with Gasteiger partial charge in [-0.05, 0) is 44.0 Å². The number of benzene rings is 1. The zero-order chi connectivity index (χ0) is 17.8. The van der Waals surface area contributed by atoms with Crippen molar-refractivity contribution >= 4 is 17.5 Å². The highest BCUT2D eigenvalue weighted by Gasteiger charge is 2.24. The summed E-state index contributed by atoms with van der Waals surface area (Å²) in [7, 11) is 0. The van der Waals surface area contributed by atoms with Gasteiger partial charge in [-0.15, -0.1) is 0 Å². The largest absolute Gasteiger partial charge is 0.303 e. The molecule has 1 saturated heterocycles. The van der Waals surface area contributed by atoms with Gasteiger partial charge in [-0.2, -0.15) is 11.8 Å². The Hall–Kier alpha value is -0.800. The molecule has 1 heterocycles. The molecule has 1 aromatic rings. The number of Topliss-reactive ketones (excluding diaryl/α,β-unsaturated/α-hetero) is 1. The first kappa shape index (κ1) is 19.5. The molecule has 3 heteroatoms. The maximum absolute atomic E-state index is 12.5. The Morgan fingerprint density at radius 2 is 1.79 bits per heavy atom. The van der Waals surface area contributed by atoms with Crippen LogP contribution >= 0.6 is 11.8 Å². The van der Waals surface area contributed by atoms with Gasteiger partial charge in [0, 0.05) is 28.0 Å². The fourth-order valence-electron chi connectivity index (χ4n) is 3.26. The predicted molar refractivity (Wildman–Crippen MR) is 106 cm³/mol. The number of carbonyl (C=O) groups excluding carboxylic acids is 1. The summed E-state index contributed by atoms with van der Waals surface area (Å²) in [5.41, 5.74) is 1.79. The maximum atomic E-state index is 12.5. The SMILES string of the molecule is CC(C)(Cc1cccc(C(=O)C(C)(C)C)c1)SCCN1CCCC1. The van der Waals surface area contributed by atoms with E-state index in [0.717, 1.165) is 12.0 Å².